The Kier molecular flexibility index (Phi) is 3.61. The molecule has 0 saturated heterocycles. The Bertz CT molecular complexity index is 525. The van der Waals surface area contributed by atoms with Crippen LogP contribution in [-0.2, 0) is 22.9 Å². The number of sulfonamides is 1. The maximum atomic E-state index is 11.8. The van der Waals surface area contributed by atoms with Crippen LogP contribution in [-0.4, -0.2) is 19.7 Å². The number of benzene rings is 1. The van der Waals surface area contributed by atoms with Gasteiger partial charge in [0.25, 0.3) is 0 Å². The topological polar surface area (TPSA) is 46.2 Å². The fraction of sp³-hybridized carbons (Fsp3) is 0.500. The number of fused-ring (bicyclic) bond motifs is 1. The van der Waals surface area contributed by atoms with Crippen LogP contribution in [0.2, 0.25) is 0 Å². The lowest BCUT2D eigenvalue weighted by molar-refractivity contribution is 0.547. The first-order chi connectivity index (χ1) is 7.88. The average Bonchev–Trinajstić information content (AvgIpc) is 2.57. The summed E-state index contributed by atoms with van der Waals surface area (Å²) < 4.78 is 27.4. The lowest BCUT2D eigenvalue weighted by Gasteiger charge is -2.14. The highest BCUT2D eigenvalue weighted by atomic mass is 79.9. The molecule has 1 aliphatic carbocycles. The number of nitrogens with one attached hydrogen (secondary N) is 1. The Morgan fingerprint density at radius 3 is 2.59 bits per heavy atom. The lowest BCUT2D eigenvalue weighted by atomic mass is 10.1. The molecule has 2 rings (SSSR count). The van der Waals surface area contributed by atoms with Gasteiger partial charge in [-0.15, -0.1) is 0 Å². The van der Waals surface area contributed by atoms with Gasteiger partial charge in [-0.05, 0) is 49.9 Å². The zero-order valence-corrected chi connectivity index (χ0v) is 12.3. The summed E-state index contributed by atoms with van der Waals surface area (Å²) in [6.07, 6.45) is 1.56. The molecule has 0 radical (unpaired) electrons. The molecular formula is C12H16BrNO2S. The van der Waals surface area contributed by atoms with Crippen molar-refractivity contribution in [2.45, 2.75) is 38.0 Å². The van der Waals surface area contributed by atoms with E-state index in [4.69, 9.17) is 0 Å². The monoisotopic (exact) mass is 317 g/mol. The molecule has 0 fully saturated rings. The maximum absolute atomic E-state index is 11.8. The molecule has 0 spiro atoms. The Labute approximate surface area is 111 Å². The molecule has 17 heavy (non-hydrogen) atoms. The molecule has 0 bridgehead atoms. The number of rotatable bonds is 3. The first-order valence-electron chi connectivity index (χ1n) is 5.67. The predicted octanol–water partition coefficient (Wildman–Crippen LogP) is 2.24. The van der Waals surface area contributed by atoms with Gasteiger partial charge in [-0.1, -0.05) is 22.0 Å². The van der Waals surface area contributed by atoms with Crippen molar-refractivity contribution in [1.29, 1.82) is 0 Å². The largest absolute Gasteiger partial charge is 0.214 e. The number of hydrogen-bond donors (Lipinski definition) is 1. The van der Waals surface area contributed by atoms with E-state index in [1.807, 2.05) is 6.07 Å². The molecule has 5 heteroatoms. The summed E-state index contributed by atoms with van der Waals surface area (Å²) >= 11 is 3.43. The van der Waals surface area contributed by atoms with Gasteiger partial charge in [-0.3, -0.25) is 0 Å². The molecule has 1 aromatic rings. The lowest BCUT2D eigenvalue weighted by Crippen LogP contribution is -2.39. The summed E-state index contributed by atoms with van der Waals surface area (Å²) in [5, 5.41) is -0.377. The molecule has 0 aromatic heterocycles. The van der Waals surface area contributed by atoms with E-state index in [0.717, 1.165) is 17.3 Å². The summed E-state index contributed by atoms with van der Waals surface area (Å²) in [6.45, 7) is 3.39. The highest BCUT2D eigenvalue weighted by Crippen LogP contribution is 2.26. The molecule has 0 amide bonds. The van der Waals surface area contributed by atoms with E-state index in [2.05, 4.69) is 32.8 Å². The summed E-state index contributed by atoms with van der Waals surface area (Å²) in [6, 6.07) is 6.13. The van der Waals surface area contributed by atoms with Crippen molar-refractivity contribution in [1.82, 2.24) is 4.72 Å². The minimum absolute atomic E-state index is 0.00620. The first kappa shape index (κ1) is 13.1. The van der Waals surface area contributed by atoms with Gasteiger partial charge in [0.2, 0.25) is 10.0 Å². The SMILES string of the molecule is CC(C)S(=O)(=O)N[C@H]1Cc2ccc(Br)cc2C1. The van der Waals surface area contributed by atoms with Crippen LogP contribution in [0.4, 0.5) is 0 Å². The molecule has 0 saturated carbocycles. The van der Waals surface area contributed by atoms with Crippen LogP contribution >= 0.6 is 15.9 Å². The van der Waals surface area contributed by atoms with E-state index in [1.54, 1.807) is 13.8 Å². The van der Waals surface area contributed by atoms with E-state index < -0.39 is 10.0 Å². The summed E-state index contributed by atoms with van der Waals surface area (Å²) in [4.78, 5) is 0. The van der Waals surface area contributed by atoms with E-state index in [0.29, 0.717) is 0 Å². The minimum Gasteiger partial charge on any atom is -0.212 e. The Morgan fingerprint density at radius 2 is 1.94 bits per heavy atom. The smallest absolute Gasteiger partial charge is 0.212 e. The van der Waals surface area contributed by atoms with Crippen molar-refractivity contribution in [2.75, 3.05) is 0 Å². The van der Waals surface area contributed by atoms with Crippen LogP contribution in [0.15, 0.2) is 22.7 Å². The molecule has 0 heterocycles. The zero-order chi connectivity index (χ0) is 12.6. The fourth-order valence-electron chi connectivity index (χ4n) is 2.04. The third kappa shape index (κ3) is 2.89. The average molecular weight is 318 g/mol. The Hall–Kier alpha value is -0.390. The molecule has 0 unspecified atom stereocenters. The van der Waals surface area contributed by atoms with Gasteiger partial charge in [0, 0.05) is 10.5 Å². The highest BCUT2D eigenvalue weighted by Gasteiger charge is 2.27. The molecule has 1 aliphatic rings. The van der Waals surface area contributed by atoms with Gasteiger partial charge in [-0.2, -0.15) is 0 Å². The van der Waals surface area contributed by atoms with Gasteiger partial charge in [0.05, 0.1) is 5.25 Å². The Balaban J connectivity index is 2.11. The van der Waals surface area contributed by atoms with Crippen molar-refractivity contribution in [2.24, 2.45) is 0 Å². The van der Waals surface area contributed by atoms with E-state index in [1.165, 1.54) is 11.1 Å². The van der Waals surface area contributed by atoms with Crippen LogP contribution in [0.3, 0.4) is 0 Å². The number of halogens is 1. The second kappa shape index (κ2) is 4.71. The van der Waals surface area contributed by atoms with E-state index in [9.17, 15) is 8.42 Å². The van der Waals surface area contributed by atoms with Gasteiger partial charge in [0.15, 0.2) is 0 Å². The maximum Gasteiger partial charge on any atom is 0.214 e. The van der Waals surface area contributed by atoms with E-state index >= 15 is 0 Å². The van der Waals surface area contributed by atoms with Crippen LogP contribution in [0.1, 0.15) is 25.0 Å². The molecule has 3 nitrogen and oxygen atoms in total. The summed E-state index contributed by atoms with van der Waals surface area (Å²) in [5.74, 6) is 0. The normalized spacial score (nSPS) is 19.6. The molecule has 0 aliphatic heterocycles. The standard InChI is InChI=1S/C12H16BrNO2S/c1-8(2)17(15,16)14-12-6-9-3-4-11(13)5-10(9)7-12/h3-5,8,12,14H,6-7H2,1-2H3/t12-/m0/s1. The first-order valence-corrected chi connectivity index (χ1v) is 8.01. The Morgan fingerprint density at radius 1 is 1.29 bits per heavy atom. The second-order valence-corrected chi connectivity index (χ2v) is 7.91. The van der Waals surface area contributed by atoms with Crippen molar-refractivity contribution in [3.63, 3.8) is 0 Å². The van der Waals surface area contributed by atoms with Crippen LogP contribution in [0, 0.1) is 0 Å². The van der Waals surface area contributed by atoms with Gasteiger partial charge < -0.3 is 0 Å². The highest BCUT2D eigenvalue weighted by molar-refractivity contribution is 9.10. The predicted molar refractivity (Wildman–Crippen MR) is 72.5 cm³/mol. The zero-order valence-electron chi connectivity index (χ0n) is 9.90. The van der Waals surface area contributed by atoms with Crippen molar-refractivity contribution in [3.05, 3.63) is 33.8 Å². The van der Waals surface area contributed by atoms with Gasteiger partial charge in [-0.25, -0.2) is 13.1 Å². The van der Waals surface area contributed by atoms with Crippen molar-refractivity contribution in [3.8, 4) is 0 Å². The van der Waals surface area contributed by atoms with Gasteiger partial charge >= 0.3 is 0 Å². The quantitative estimate of drug-likeness (QED) is 0.929. The van der Waals surface area contributed by atoms with Crippen LogP contribution in [0.25, 0.3) is 0 Å². The number of hydrogen-bond acceptors (Lipinski definition) is 2. The second-order valence-electron chi connectivity index (χ2n) is 4.73. The van der Waals surface area contributed by atoms with Crippen LogP contribution in [0.5, 0.6) is 0 Å². The van der Waals surface area contributed by atoms with Gasteiger partial charge in [0.1, 0.15) is 0 Å². The summed E-state index contributed by atoms with van der Waals surface area (Å²) in [7, 11) is -3.17. The van der Waals surface area contributed by atoms with Crippen molar-refractivity contribution < 1.29 is 8.42 Å². The molecule has 94 valence electrons. The fourth-order valence-corrected chi connectivity index (χ4v) is 3.35. The molecule has 1 aromatic carbocycles. The third-order valence-electron chi connectivity index (χ3n) is 3.05. The van der Waals surface area contributed by atoms with Crippen molar-refractivity contribution >= 4 is 26.0 Å². The summed E-state index contributed by atoms with van der Waals surface area (Å²) in [5.41, 5.74) is 2.47. The minimum atomic E-state index is -3.17. The molecule has 1 atom stereocenters. The van der Waals surface area contributed by atoms with Crippen LogP contribution < -0.4 is 4.72 Å². The van der Waals surface area contributed by atoms with E-state index in [-0.39, 0.29) is 11.3 Å². The third-order valence-corrected chi connectivity index (χ3v) is 5.45. The molecular weight excluding hydrogens is 302 g/mol. The molecule has 1 N–H and O–H groups in total.